The van der Waals surface area contributed by atoms with E-state index in [1.54, 1.807) is 6.07 Å². The zero-order valence-corrected chi connectivity index (χ0v) is 12.4. The number of aryl methyl sites for hydroxylation is 1. The van der Waals surface area contributed by atoms with Crippen molar-refractivity contribution in [2.24, 2.45) is 5.73 Å². The number of hydrogen-bond donors (Lipinski definition) is 1. The van der Waals surface area contributed by atoms with Gasteiger partial charge in [-0.1, -0.05) is 0 Å². The van der Waals surface area contributed by atoms with Crippen LogP contribution < -0.4 is 10.6 Å². The zero-order valence-electron chi connectivity index (χ0n) is 12.4. The van der Waals surface area contributed by atoms with Crippen molar-refractivity contribution in [1.82, 2.24) is 4.90 Å². The average Bonchev–Trinajstić information content (AvgIpc) is 2.88. The summed E-state index contributed by atoms with van der Waals surface area (Å²) in [5, 5.41) is 0. The van der Waals surface area contributed by atoms with Gasteiger partial charge in [0.1, 0.15) is 5.82 Å². The Hall–Kier alpha value is -1.13. The molecule has 0 aromatic heterocycles. The number of piperazine rings is 1. The Morgan fingerprint density at radius 2 is 2.10 bits per heavy atom. The van der Waals surface area contributed by atoms with Gasteiger partial charge in [0.25, 0.3) is 0 Å². The van der Waals surface area contributed by atoms with E-state index in [9.17, 15) is 4.39 Å². The highest BCUT2D eigenvalue weighted by molar-refractivity contribution is 5.57. The van der Waals surface area contributed by atoms with Gasteiger partial charge in [0, 0.05) is 37.4 Å². The lowest BCUT2D eigenvalue weighted by molar-refractivity contribution is 0.230. The number of halogens is 1. The van der Waals surface area contributed by atoms with Gasteiger partial charge in [-0.05, 0) is 56.5 Å². The van der Waals surface area contributed by atoms with E-state index in [4.69, 9.17) is 5.73 Å². The minimum absolute atomic E-state index is 0.137. The van der Waals surface area contributed by atoms with E-state index in [-0.39, 0.29) is 11.9 Å². The second-order valence-corrected chi connectivity index (χ2v) is 6.23. The molecule has 3 rings (SSSR count). The maximum Gasteiger partial charge on any atom is 0.126 e. The van der Waals surface area contributed by atoms with Crippen LogP contribution in [-0.2, 0) is 0 Å². The third kappa shape index (κ3) is 2.42. The Balaban J connectivity index is 1.91. The standard InChI is InChI=1S/C16H24FN3/c1-11-8-16(14(12(2)18)9-15(11)17)20-7-6-19-5-3-4-13(19)10-20/h8-9,12-13H,3-7,10,18H2,1-2H3/t12-,13?/m0/s1. The van der Waals surface area contributed by atoms with Crippen LogP contribution in [0.15, 0.2) is 12.1 Å². The topological polar surface area (TPSA) is 32.5 Å². The number of anilines is 1. The summed E-state index contributed by atoms with van der Waals surface area (Å²) in [6.07, 6.45) is 2.59. The van der Waals surface area contributed by atoms with Gasteiger partial charge in [-0.15, -0.1) is 0 Å². The van der Waals surface area contributed by atoms with Gasteiger partial charge >= 0.3 is 0 Å². The molecule has 0 spiro atoms. The van der Waals surface area contributed by atoms with E-state index < -0.39 is 0 Å². The maximum absolute atomic E-state index is 13.8. The van der Waals surface area contributed by atoms with E-state index in [1.165, 1.54) is 19.4 Å². The van der Waals surface area contributed by atoms with E-state index in [0.717, 1.165) is 30.9 Å². The highest BCUT2D eigenvalue weighted by Crippen LogP contribution is 2.32. The summed E-state index contributed by atoms with van der Waals surface area (Å²) >= 11 is 0. The Labute approximate surface area is 120 Å². The predicted molar refractivity (Wildman–Crippen MR) is 80.5 cm³/mol. The van der Waals surface area contributed by atoms with Crippen molar-refractivity contribution in [3.8, 4) is 0 Å². The zero-order chi connectivity index (χ0) is 14.3. The molecule has 2 heterocycles. The molecule has 0 bridgehead atoms. The molecule has 2 atom stereocenters. The van der Waals surface area contributed by atoms with Gasteiger partial charge in [-0.25, -0.2) is 4.39 Å². The molecule has 110 valence electrons. The van der Waals surface area contributed by atoms with Crippen LogP contribution in [0.1, 0.15) is 36.9 Å². The first kappa shape index (κ1) is 13.8. The molecule has 1 aromatic rings. The number of nitrogens with two attached hydrogens (primary N) is 1. The van der Waals surface area contributed by atoms with Crippen molar-refractivity contribution in [3.05, 3.63) is 29.1 Å². The first-order valence-electron chi connectivity index (χ1n) is 7.61. The molecule has 0 radical (unpaired) electrons. The number of rotatable bonds is 2. The van der Waals surface area contributed by atoms with Crippen LogP contribution in [0.5, 0.6) is 0 Å². The van der Waals surface area contributed by atoms with Crippen LogP contribution in [0.4, 0.5) is 10.1 Å². The summed E-state index contributed by atoms with van der Waals surface area (Å²) < 4.78 is 13.8. The normalized spacial score (nSPS) is 24.8. The van der Waals surface area contributed by atoms with Crippen LogP contribution in [0.3, 0.4) is 0 Å². The Kier molecular flexibility index (Phi) is 3.69. The molecule has 2 saturated heterocycles. The Morgan fingerprint density at radius 1 is 1.30 bits per heavy atom. The molecule has 0 amide bonds. The molecule has 2 aliphatic rings. The third-order valence-corrected chi connectivity index (χ3v) is 4.73. The van der Waals surface area contributed by atoms with Crippen molar-refractivity contribution in [2.45, 2.75) is 38.8 Å². The number of benzene rings is 1. The highest BCUT2D eigenvalue weighted by atomic mass is 19.1. The second kappa shape index (κ2) is 5.34. The fourth-order valence-electron chi connectivity index (χ4n) is 3.53. The number of hydrogen-bond acceptors (Lipinski definition) is 3. The summed E-state index contributed by atoms with van der Waals surface area (Å²) in [5.74, 6) is -0.152. The molecule has 20 heavy (non-hydrogen) atoms. The van der Waals surface area contributed by atoms with Gasteiger partial charge in [0.2, 0.25) is 0 Å². The molecule has 2 fully saturated rings. The lowest BCUT2D eigenvalue weighted by Gasteiger charge is -2.40. The van der Waals surface area contributed by atoms with Gasteiger partial charge < -0.3 is 10.6 Å². The van der Waals surface area contributed by atoms with Crippen LogP contribution in [-0.4, -0.2) is 37.1 Å². The summed E-state index contributed by atoms with van der Waals surface area (Å²) in [6, 6.07) is 4.12. The molecule has 0 saturated carbocycles. The summed E-state index contributed by atoms with van der Waals surface area (Å²) in [6.45, 7) is 8.17. The summed E-state index contributed by atoms with van der Waals surface area (Å²) in [5.41, 5.74) is 8.81. The molecule has 1 aromatic carbocycles. The molecule has 0 aliphatic carbocycles. The van der Waals surface area contributed by atoms with E-state index >= 15 is 0 Å². The third-order valence-electron chi connectivity index (χ3n) is 4.73. The summed E-state index contributed by atoms with van der Waals surface area (Å²) in [4.78, 5) is 4.98. The van der Waals surface area contributed by atoms with Gasteiger partial charge in [-0.3, -0.25) is 4.90 Å². The first-order valence-corrected chi connectivity index (χ1v) is 7.61. The van der Waals surface area contributed by atoms with E-state index in [0.29, 0.717) is 11.6 Å². The van der Waals surface area contributed by atoms with E-state index in [2.05, 4.69) is 9.80 Å². The Bertz CT molecular complexity index is 501. The fourth-order valence-corrected chi connectivity index (χ4v) is 3.53. The molecule has 1 unspecified atom stereocenters. The molecular formula is C16H24FN3. The summed E-state index contributed by atoms with van der Waals surface area (Å²) in [7, 11) is 0. The quantitative estimate of drug-likeness (QED) is 0.901. The molecular weight excluding hydrogens is 253 g/mol. The minimum Gasteiger partial charge on any atom is -0.368 e. The fraction of sp³-hybridized carbons (Fsp3) is 0.625. The monoisotopic (exact) mass is 277 g/mol. The van der Waals surface area contributed by atoms with Crippen molar-refractivity contribution in [3.63, 3.8) is 0 Å². The lowest BCUT2D eigenvalue weighted by Crippen LogP contribution is -2.50. The van der Waals surface area contributed by atoms with Crippen molar-refractivity contribution < 1.29 is 4.39 Å². The highest BCUT2D eigenvalue weighted by Gasteiger charge is 2.31. The molecule has 2 aliphatic heterocycles. The van der Waals surface area contributed by atoms with Crippen molar-refractivity contribution >= 4 is 5.69 Å². The second-order valence-electron chi connectivity index (χ2n) is 6.23. The number of fused-ring (bicyclic) bond motifs is 1. The van der Waals surface area contributed by atoms with Crippen LogP contribution >= 0.6 is 0 Å². The largest absolute Gasteiger partial charge is 0.368 e. The number of nitrogens with zero attached hydrogens (tertiary/aromatic N) is 2. The van der Waals surface area contributed by atoms with Crippen LogP contribution in [0.25, 0.3) is 0 Å². The van der Waals surface area contributed by atoms with E-state index in [1.807, 2.05) is 19.9 Å². The Morgan fingerprint density at radius 3 is 2.85 bits per heavy atom. The first-order chi connectivity index (χ1) is 9.56. The van der Waals surface area contributed by atoms with Crippen LogP contribution in [0, 0.1) is 12.7 Å². The van der Waals surface area contributed by atoms with Gasteiger partial charge in [0.05, 0.1) is 0 Å². The van der Waals surface area contributed by atoms with Crippen molar-refractivity contribution in [1.29, 1.82) is 0 Å². The van der Waals surface area contributed by atoms with Gasteiger partial charge in [0.15, 0.2) is 0 Å². The molecule has 4 heteroatoms. The molecule has 3 nitrogen and oxygen atoms in total. The average molecular weight is 277 g/mol. The predicted octanol–water partition coefficient (Wildman–Crippen LogP) is 2.44. The SMILES string of the molecule is Cc1cc(N2CCN3CCCC3C2)c([C@H](C)N)cc1F. The van der Waals surface area contributed by atoms with Crippen molar-refractivity contribution in [2.75, 3.05) is 31.1 Å². The minimum atomic E-state index is -0.152. The van der Waals surface area contributed by atoms with Gasteiger partial charge in [-0.2, -0.15) is 0 Å². The maximum atomic E-state index is 13.8. The molecule has 2 N–H and O–H groups in total. The smallest absolute Gasteiger partial charge is 0.126 e. The lowest BCUT2D eigenvalue weighted by atomic mass is 10.0. The van der Waals surface area contributed by atoms with Crippen LogP contribution in [0.2, 0.25) is 0 Å².